The van der Waals surface area contributed by atoms with Crippen LogP contribution in [0.4, 0.5) is 0 Å². The maximum atomic E-state index is 13.7. The number of allylic oxidation sites excluding steroid dienone is 2. The molecule has 1 unspecified atom stereocenters. The van der Waals surface area contributed by atoms with Crippen molar-refractivity contribution < 1.29 is 4.79 Å². The molecule has 2 aromatic rings. The second-order valence-electron chi connectivity index (χ2n) is 10.6. The fourth-order valence-electron chi connectivity index (χ4n) is 6.75. The van der Waals surface area contributed by atoms with Crippen LogP contribution in [0.2, 0.25) is 0 Å². The molecule has 1 aromatic heterocycles. The number of aromatic nitrogens is 2. The van der Waals surface area contributed by atoms with E-state index in [0.717, 1.165) is 43.8 Å². The van der Waals surface area contributed by atoms with Crippen LogP contribution in [0.1, 0.15) is 69.4 Å². The number of imidazole rings is 1. The Morgan fingerprint density at radius 2 is 1.81 bits per heavy atom. The lowest BCUT2D eigenvalue weighted by molar-refractivity contribution is -0.129. The van der Waals surface area contributed by atoms with Gasteiger partial charge in [-0.1, -0.05) is 55.8 Å². The minimum atomic E-state index is -0.300. The third-order valence-electron chi connectivity index (χ3n) is 8.97. The minimum absolute atomic E-state index is 0.0398. The largest absolute Gasteiger partial charge is 0.388 e. The number of nitrogens with one attached hydrogen (secondary N) is 1. The second kappa shape index (κ2) is 7.47. The number of rotatable bonds is 7. The summed E-state index contributed by atoms with van der Waals surface area (Å²) in [5.74, 6) is 1.19. The molecule has 32 heavy (non-hydrogen) atoms. The number of Topliss-reactive ketones (excluding diaryl/α,β-unsaturated/α-hetero) is 1. The molecule has 4 heteroatoms. The lowest BCUT2D eigenvalue weighted by Crippen LogP contribution is -2.45. The number of carbonyl (C=O) groups is 1. The lowest BCUT2D eigenvalue weighted by Gasteiger charge is -2.49. The van der Waals surface area contributed by atoms with E-state index in [1.807, 2.05) is 12.5 Å². The Kier molecular flexibility index (Phi) is 4.67. The zero-order chi connectivity index (χ0) is 21.8. The Hall–Kier alpha value is -2.62. The number of ketones is 1. The van der Waals surface area contributed by atoms with Gasteiger partial charge in [0.2, 0.25) is 0 Å². The minimum Gasteiger partial charge on any atom is -0.388 e. The van der Waals surface area contributed by atoms with E-state index in [9.17, 15) is 4.79 Å². The van der Waals surface area contributed by atoms with Crippen LogP contribution in [-0.4, -0.2) is 21.9 Å². The number of nitrogens with zero attached hydrogens (tertiary/aromatic N) is 2. The van der Waals surface area contributed by atoms with E-state index in [2.05, 4.69) is 57.9 Å². The van der Waals surface area contributed by atoms with Crippen molar-refractivity contribution in [3.05, 3.63) is 66.8 Å². The van der Waals surface area contributed by atoms with Gasteiger partial charge in [0.25, 0.3) is 0 Å². The number of hydrogen-bond donors (Lipinski definition) is 1. The van der Waals surface area contributed by atoms with Crippen molar-refractivity contribution in [3.8, 4) is 11.3 Å². The molecular formula is C28H33N3O. The Morgan fingerprint density at radius 1 is 1.09 bits per heavy atom. The van der Waals surface area contributed by atoms with Crippen molar-refractivity contribution in [2.24, 2.45) is 16.7 Å². The highest BCUT2D eigenvalue weighted by Crippen LogP contribution is 2.56. The summed E-state index contributed by atoms with van der Waals surface area (Å²) in [4.78, 5) is 18.1. The van der Waals surface area contributed by atoms with Gasteiger partial charge in [0, 0.05) is 35.1 Å². The summed E-state index contributed by atoms with van der Waals surface area (Å²) in [6.45, 7) is 5.51. The van der Waals surface area contributed by atoms with Gasteiger partial charge >= 0.3 is 0 Å². The highest BCUT2D eigenvalue weighted by Gasteiger charge is 2.50. The first-order chi connectivity index (χ1) is 15.6. The van der Waals surface area contributed by atoms with Crippen molar-refractivity contribution in [1.82, 2.24) is 14.9 Å². The number of carbonyl (C=O) groups excluding carboxylic acids is 1. The Balaban J connectivity index is 1.17. The zero-order valence-corrected chi connectivity index (χ0v) is 18.9. The van der Waals surface area contributed by atoms with Gasteiger partial charge in [0.15, 0.2) is 0 Å². The van der Waals surface area contributed by atoms with Crippen molar-refractivity contribution in [2.75, 3.05) is 6.54 Å². The molecule has 1 aromatic carbocycles. The predicted molar refractivity (Wildman–Crippen MR) is 127 cm³/mol. The SMILES string of the molecule is C=C(NCC1CCCC1)C12C=CC(C(=O)CC3c4ccccc4-c4cncn43)(CC1)CC2. The highest BCUT2D eigenvalue weighted by atomic mass is 16.1. The molecule has 2 bridgehead atoms. The molecule has 1 atom stereocenters. The highest BCUT2D eigenvalue weighted by molar-refractivity contribution is 5.89. The summed E-state index contributed by atoms with van der Waals surface area (Å²) in [5, 5.41) is 3.69. The van der Waals surface area contributed by atoms with Crippen LogP contribution < -0.4 is 5.32 Å². The van der Waals surface area contributed by atoms with Crippen LogP contribution >= 0.6 is 0 Å². The second-order valence-corrected chi connectivity index (χ2v) is 10.6. The summed E-state index contributed by atoms with van der Waals surface area (Å²) in [5.41, 5.74) is 4.51. The fraction of sp³-hybridized carbons (Fsp3) is 0.500. The lowest BCUT2D eigenvalue weighted by atomic mass is 9.55. The topological polar surface area (TPSA) is 46.9 Å². The average molecular weight is 428 g/mol. The fourth-order valence-corrected chi connectivity index (χ4v) is 6.75. The van der Waals surface area contributed by atoms with Crippen LogP contribution in [0.5, 0.6) is 0 Å². The summed E-state index contributed by atoms with van der Waals surface area (Å²) in [7, 11) is 0. The Labute approximate surface area is 190 Å². The van der Waals surface area contributed by atoms with Crippen molar-refractivity contribution in [2.45, 2.75) is 63.8 Å². The molecule has 0 spiro atoms. The van der Waals surface area contributed by atoms with Gasteiger partial charge in [-0.05, 0) is 50.0 Å². The Morgan fingerprint density at radius 3 is 2.56 bits per heavy atom. The van der Waals surface area contributed by atoms with Crippen molar-refractivity contribution >= 4 is 5.78 Å². The molecule has 1 aliphatic heterocycles. The molecule has 7 rings (SSSR count). The Bertz CT molecular complexity index is 1080. The van der Waals surface area contributed by atoms with Crippen LogP contribution in [0.3, 0.4) is 0 Å². The summed E-state index contributed by atoms with van der Waals surface area (Å²) in [6.07, 6.45) is 18.3. The van der Waals surface area contributed by atoms with E-state index in [-0.39, 0.29) is 16.9 Å². The molecule has 2 heterocycles. The first-order valence-electron chi connectivity index (χ1n) is 12.4. The van der Waals surface area contributed by atoms with Crippen LogP contribution in [0, 0.1) is 16.7 Å². The normalized spacial score (nSPS) is 30.3. The maximum Gasteiger partial charge on any atom is 0.145 e. The van der Waals surface area contributed by atoms with E-state index < -0.39 is 0 Å². The summed E-state index contributed by atoms with van der Waals surface area (Å²) < 4.78 is 2.19. The standard InChI is InChI=1S/C28H33N3O/c1-20(30-17-21-6-2-3-7-21)27-10-13-28(14-11-27,15-12-27)26(32)16-24-22-8-4-5-9-23(22)25-18-29-19-31(24)25/h4-5,8-10,13,18-19,21,24,30H,1-3,6-7,11-12,14-17H2. The van der Waals surface area contributed by atoms with E-state index in [1.165, 1.54) is 42.5 Å². The molecule has 4 nitrogen and oxygen atoms in total. The van der Waals surface area contributed by atoms with Crippen molar-refractivity contribution in [1.29, 1.82) is 0 Å². The van der Waals surface area contributed by atoms with Gasteiger partial charge in [-0.25, -0.2) is 4.98 Å². The van der Waals surface area contributed by atoms with E-state index in [0.29, 0.717) is 12.2 Å². The molecule has 0 radical (unpaired) electrons. The van der Waals surface area contributed by atoms with Crippen LogP contribution in [-0.2, 0) is 4.79 Å². The summed E-state index contributed by atoms with van der Waals surface area (Å²) in [6, 6.07) is 8.52. The first-order valence-corrected chi connectivity index (χ1v) is 12.4. The van der Waals surface area contributed by atoms with E-state index in [4.69, 9.17) is 0 Å². The molecule has 0 amide bonds. The third-order valence-corrected chi connectivity index (χ3v) is 8.97. The number of hydrogen-bond acceptors (Lipinski definition) is 3. The smallest absolute Gasteiger partial charge is 0.145 e. The quantitative estimate of drug-likeness (QED) is 0.566. The van der Waals surface area contributed by atoms with E-state index >= 15 is 0 Å². The van der Waals surface area contributed by atoms with Gasteiger partial charge < -0.3 is 9.88 Å². The number of fused-ring (bicyclic) bond motifs is 5. The van der Waals surface area contributed by atoms with Crippen LogP contribution in [0.15, 0.2) is 61.2 Å². The van der Waals surface area contributed by atoms with Gasteiger partial charge in [-0.15, -0.1) is 0 Å². The molecule has 1 N–H and O–H groups in total. The van der Waals surface area contributed by atoms with E-state index in [1.54, 1.807) is 0 Å². The van der Waals surface area contributed by atoms with Crippen LogP contribution in [0.25, 0.3) is 11.3 Å². The predicted octanol–water partition coefficient (Wildman–Crippen LogP) is 5.82. The maximum absolute atomic E-state index is 13.7. The molecule has 2 saturated carbocycles. The first kappa shape index (κ1) is 20.0. The molecular weight excluding hydrogens is 394 g/mol. The number of benzene rings is 1. The molecule has 166 valence electrons. The van der Waals surface area contributed by atoms with Gasteiger partial charge in [-0.2, -0.15) is 0 Å². The zero-order valence-electron chi connectivity index (χ0n) is 18.9. The summed E-state index contributed by atoms with van der Waals surface area (Å²) >= 11 is 0. The average Bonchev–Trinajstić information content (AvgIpc) is 3.58. The third kappa shape index (κ3) is 3.02. The molecule has 2 fully saturated rings. The molecule has 4 aliphatic carbocycles. The van der Waals surface area contributed by atoms with Gasteiger partial charge in [0.1, 0.15) is 5.78 Å². The molecule has 0 saturated heterocycles. The van der Waals surface area contributed by atoms with Gasteiger partial charge in [-0.3, -0.25) is 4.79 Å². The van der Waals surface area contributed by atoms with Gasteiger partial charge in [0.05, 0.1) is 24.3 Å². The molecule has 5 aliphatic rings. The monoisotopic (exact) mass is 427 g/mol. The van der Waals surface area contributed by atoms with Crippen molar-refractivity contribution in [3.63, 3.8) is 0 Å².